The lowest BCUT2D eigenvalue weighted by molar-refractivity contribution is -0.121. The Hall–Kier alpha value is -1.36. The van der Waals surface area contributed by atoms with Crippen molar-refractivity contribution in [2.45, 2.75) is 43.0 Å². The maximum atomic E-state index is 11.8. The SMILES string of the molecule is CS(=O)(=O)c1ccc(CC(=O)NC2CCCC2)cc1. The monoisotopic (exact) mass is 281 g/mol. The first kappa shape index (κ1) is 14.1. The number of nitrogens with one attached hydrogen (secondary N) is 1. The summed E-state index contributed by atoms with van der Waals surface area (Å²) in [6.45, 7) is 0. The summed E-state index contributed by atoms with van der Waals surface area (Å²) >= 11 is 0. The van der Waals surface area contributed by atoms with Crippen LogP contribution in [0.3, 0.4) is 0 Å². The molecule has 4 nitrogen and oxygen atoms in total. The molecule has 1 aromatic carbocycles. The Morgan fingerprint density at radius 1 is 1.21 bits per heavy atom. The fourth-order valence-corrected chi connectivity index (χ4v) is 3.02. The third-order valence-electron chi connectivity index (χ3n) is 3.44. The molecule has 0 bridgehead atoms. The second-order valence-electron chi connectivity index (χ2n) is 5.14. The van der Waals surface area contributed by atoms with Gasteiger partial charge in [-0.2, -0.15) is 0 Å². The molecule has 0 aromatic heterocycles. The number of amides is 1. The second-order valence-corrected chi connectivity index (χ2v) is 7.16. The third-order valence-corrected chi connectivity index (χ3v) is 4.56. The standard InChI is InChI=1S/C14H19NO3S/c1-19(17,18)13-8-6-11(7-9-13)10-14(16)15-12-4-2-3-5-12/h6-9,12H,2-5,10H2,1H3,(H,15,16). The lowest BCUT2D eigenvalue weighted by Gasteiger charge is -2.11. The molecule has 1 aromatic rings. The van der Waals surface area contributed by atoms with Gasteiger partial charge in [0.05, 0.1) is 11.3 Å². The van der Waals surface area contributed by atoms with E-state index in [1.807, 2.05) is 0 Å². The van der Waals surface area contributed by atoms with Crippen molar-refractivity contribution < 1.29 is 13.2 Å². The van der Waals surface area contributed by atoms with Gasteiger partial charge in [0.25, 0.3) is 0 Å². The van der Waals surface area contributed by atoms with Crippen LogP contribution >= 0.6 is 0 Å². The fraction of sp³-hybridized carbons (Fsp3) is 0.500. The van der Waals surface area contributed by atoms with Crippen molar-refractivity contribution in [2.75, 3.05) is 6.26 Å². The number of hydrogen-bond acceptors (Lipinski definition) is 3. The lowest BCUT2D eigenvalue weighted by atomic mass is 10.1. The molecule has 1 N–H and O–H groups in total. The molecular formula is C14H19NO3S. The van der Waals surface area contributed by atoms with Gasteiger partial charge in [-0.15, -0.1) is 0 Å². The number of sulfone groups is 1. The molecule has 1 fully saturated rings. The Bertz CT molecular complexity index is 543. The predicted octanol–water partition coefficient (Wildman–Crippen LogP) is 1.69. The van der Waals surface area contributed by atoms with Gasteiger partial charge >= 0.3 is 0 Å². The highest BCUT2D eigenvalue weighted by Gasteiger charge is 2.17. The third kappa shape index (κ3) is 4.06. The topological polar surface area (TPSA) is 63.2 Å². The average molecular weight is 281 g/mol. The molecule has 0 aliphatic heterocycles. The van der Waals surface area contributed by atoms with Gasteiger partial charge in [0.1, 0.15) is 0 Å². The molecule has 1 aliphatic rings. The van der Waals surface area contributed by atoms with E-state index < -0.39 is 9.84 Å². The van der Waals surface area contributed by atoms with Gasteiger partial charge in [0, 0.05) is 12.3 Å². The second kappa shape index (κ2) is 5.74. The summed E-state index contributed by atoms with van der Waals surface area (Å²) in [7, 11) is -3.17. The molecular weight excluding hydrogens is 262 g/mol. The Labute approximate surface area is 114 Å². The van der Waals surface area contributed by atoms with E-state index in [4.69, 9.17) is 0 Å². The number of benzene rings is 1. The van der Waals surface area contributed by atoms with Gasteiger partial charge in [0.15, 0.2) is 9.84 Å². The van der Waals surface area contributed by atoms with Crippen LogP contribution in [-0.4, -0.2) is 26.6 Å². The van der Waals surface area contributed by atoms with Crippen LogP contribution in [0.4, 0.5) is 0 Å². The van der Waals surface area contributed by atoms with E-state index >= 15 is 0 Å². The molecule has 1 saturated carbocycles. The highest BCUT2D eigenvalue weighted by molar-refractivity contribution is 7.90. The Kier molecular flexibility index (Phi) is 4.24. The number of rotatable bonds is 4. The zero-order valence-corrected chi connectivity index (χ0v) is 11.9. The highest BCUT2D eigenvalue weighted by atomic mass is 32.2. The van der Waals surface area contributed by atoms with E-state index in [1.165, 1.54) is 19.1 Å². The van der Waals surface area contributed by atoms with Crippen LogP contribution in [0.25, 0.3) is 0 Å². The van der Waals surface area contributed by atoms with Crippen molar-refractivity contribution in [3.63, 3.8) is 0 Å². The first-order valence-corrected chi connectivity index (χ1v) is 8.42. The Morgan fingerprint density at radius 3 is 2.32 bits per heavy atom. The first-order chi connectivity index (χ1) is 8.95. The summed E-state index contributed by atoms with van der Waals surface area (Å²) in [4.78, 5) is 12.1. The average Bonchev–Trinajstić information content (AvgIpc) is 2.81. The molecule has 0 saturated heterocycles. The zero-order valence-electron chi connectivity index (χ0n) is 11.1. The van der Waals surface area contributed by atoms with Crippen LogP contribution in [-0.2, 0) is 21.1 Å². The molecule has 1 amide bonds. The quantitative estimate of drug-likeness (QED) is 0.913. The number of carbonyl (C=O) groups is 1. The summed E-state index contributed by atoms with van der Waals surface area (Å²) in [5, 5.41) is 3.02. The van der Waals surface area contributed by atoms with Gasteiger partial charge in [-0.3, -0.25) is 4.79 Å². The number of hydrogen-bond donors (Lipinski definition) is 1. The highest BCUT2D eigenvalue weighted by Crippen LogP contribution is 2.18. The molecule has 0 unspecified atom stereocenters. The van der Waals surface area contributed by atoms with E-state index in [-0.39, 0.29) is 10.8 Å². The number of carbonyl (C=O) groups excluding carboxylic acids is 1. The predicted molar refractivity (Wildman–Crippen MR) is 73.7 cm³/mol. The zero-order chi connectivity index (χ0) is 13.9. The molecule has 0 heterocycles. The van der Waals surface area contributed by atoms with E-state index in [9.17, 15) is 13.2 Å². The molecule has 2 rings (SSSR count). The molecule has 0 radical (unpaired) electrons. The molecule has 0 atom stereocenters. The van der Waals surface area contributed by atoms with Crippen LogP contribution in [0.1, 0.15) is 31.2 Å². The van der Waals surface area contributed by atoms with Crippen LogP contribution in [0.15, 0.2) is 29.2 Å². The normalized spacial score (nSPS) is 16.5. The van der Waals surface area contributed by atoms with Crippen molar-refractivity contribution in [3.05, 3.63) is 29.8 Å². The Balaban J connectivity index is 1.93. The largest absolute Gasteiger partial charge is 0.353 e. The van der Waals surface area contributed by atoms with E-state index in [0.717, 1.165) is 18.4 Å². The van der Waals surface area contributed by atoms with Crippen molar-refractivity contribution in [3.8, 4) is 0 Å². The minimum absolute atomic E-state index is 0.0130. The van der Waals surface area contributed by atoms with Gasteiger partial charge < -0.3 is 5.32 Å². The van der Waals surface area contributed by atoms with Crippen molar-refractivity contribution >= 4 is 15.7 Å². The van der Waals surface area contributed by atoms with E-state index in [1.54, 1.807) is 24.3 Å². The van der Waals surface area contributed by atoms with Crippen LogP contribution in [0, 0.1) is 0 Å². The maximum absolute atomic E-state index is 11.8. The Morgan fingerprint density at radius 2 is 1.79 bits per heavy atom. The maximum Gasteiger partial charge on any atom is 0.224 e. The van der Waals surface area contributed by atoms with Gasteiger partial charge in [-0.1, -0.05) is 25.0 Å². The van der Waals surface area contributed by atoms with Crippen LogP contribution in [0.2, 0.25) is 0 Å². The summed E-state index contributed by atoms with van der Waals surface area (Å²) in [5.74, 6) is 0.0130. The fourth-order valence-electron chi connectivity index (χ4n) is 2.39. The van der Waals surface area contributed by atoms with Gasteiger partial charge in [-0.05, 0) is 30.5 Å². The molecule has 5 heteroatoms. The van der Waals surface area contributed by atoms with Crippen molar-refractivity contribution in [2.24, 2.45) is 0 Å². The van der Waals surface area contributed by atoms with Crippen LogP contribution in [0.5, 0.6) is 0 Å². The van der Waals surface area contributed by atoms with Crippen molar-refractivity contribution in [1.82, 2.24) is 5.32 Å². The van der Waals surface area contributed by atoms with Gasteiger partial charge in [0.2, 0.25) is 5.91 Å². The summed E-state index contributed by atoms with van der Waals surface area (Å²) < 4.78 is 22.6. The van der Waals surface area contributed by atoms with Crippen LogP contribution < -0.4 is 5.32 Å². The molecule has 1 aliphatic carbocycles. The molecule has 19 heavy (non-hydrogen) atoms. The van der Waals surface area contributed by atoms with E-state index in [2.05, 4.69) is 5.32 Å². The first-order valence-electron chi connectivity index (χ1n) is 6.53. The summed E-state index contributed by atoms with van der Waals surface area (Å²) in [6, 6.07) is 6.82. The summed E-state index contributed by atoms with van der Waals surface area (Å²) in [5.41, 5.74) is 0.836. The minimum Gasteiger partial charge on any atom is -0.353 e. The summed E-state index contributed by atoms with van der Waals surface area (Å²) in [6.07, 6.45) is 5.99. The minimum atomic E-state index is -3.17. The van der Waals surface area contributed by atoms with E-state index in [0.29, 0.717) is 12.5 Å². The smallest absolute Gasteiger partial charge is 0.224 e. The van der Waals surface area contributed by atoms with Crippen molar-refractivity contribution in [1.29, 1.82) is 0 Å². The van der Waals surface area contributed by atoms with Gasteiger partial charge in [-0.25, -0.2) is 8.42 Å². The molecule has 104 valence electrons. The lowest BCUT2D eigenvalue weighted by Crippen LogP contribution is -2.33. The molecule has 0 spiro atoms.